The fourth-order valence-electron chi connectivity index (χ4n) is 7.84. The van der Waals surface area contributed by atoms with Crippen LogP contribution in [0, 0.1) is 18.8 Å². The SMILES string of the molecule is CC(C)(C)c1cc(Oc2[c-]c3c(cc2)c2oc4ccc5ccccc5c4c2n3-c2cc(C(C)(C)C)ccn2)[c-]c(N2[CH-]N(c3ccccc3)c3ccccc32)c1.[Pt]. The minimum atomic E-state index is -0.152. The van der Waals surface area contributed by atoms with Gasteiger partial charge < -0.3 is 23.5 Å². The molecule has 0 radical (unpaired) electrons. The van der Waals surface area contributed by atoms with Gasteiger partial charge in [0.05, 0.1) is 10.9 Å². The Bertz CT molecular complexity index is 2970. The van der Waals surface area contributed by atoms with Gasteiger partial charge in [-0.05, 0) is 69.6 Å². The van der Waals surface area contributed by atoms with E-state index in [1.54, 1.807) is 0 Å². The van der Waals surface area contributed by atoms with Crippen molar-refractivity contribution in [2.75, 3.05) is 9.80 Å². The number of hydrogen-bond acceptors (Lipinski definition) is 5. The molecule has 10 rings (SSSR count). The summed E-state index contributed by atoms with van der Waals surface area (Å²) in [5.74, 6) is 1.99. The Hall–Kier alpha value is -5.84. The summed E-state index contributed by atoms with van der Waals surface area (Å²) < 4.78 is 15.7. The fraction of sp³-hybridized carbons (Fsp3) is 0.160. The van der Waals surface area contributed by atoms with Gasteiger partial charge in [0, 0.05) is 55.8 Å². The molecule has 0 saturated carbocycles. The van der Waals surface area contributed by atoms with Crippen LogP contribution in [0.2, 0.25) is 0 Å². The molecule has 0 bridgehead atoms. The van der Waals surface area contributed by atoms with Crippen molar-refractivity contribution in [2.24, 2.45) is 0 Å². The molecule has 0 aliphatic carbocycles. The molecule has 0 amide bonds. The number of nitrogens with zero attached hydrogens (tertiary/aromatic N) is 4. The first-order valence-corrected chi connectivity index (χ1v) is 19.1. The second-order valence-corrected chi connectivity index (χ2v) is 16.7. The number of fused-ring (bicyclic) bond motifs is 8. The molecule has 0 atom stereocenters. The number of aromatic nitrogens is 2. The molecule has 0 fully saturated rings. The number of furan rings is 1. The number of hydrogen-bond donors (Lipinski definition) is 0. The predicted molar refractivity (Wildman–Crippen MR) is 229 cm³/mol. The Morgan fingerprint density at radius 1 is 0.649 bits per heavy atom. The zero-order valence-electron chi connectivity index (χ0n) is 32.7. The van der Waals surface area contributed by atoms with E-state index in [1.807, 2.05) is 18.3 Å². The third-order valence-corrected chi connectivity index (χ3v) is 10.8. The maximum atomic E-state index is 6.79. The van der Waals surface area contributed by atoms with Crippen LogP contribution in [0.15, 0.2) is 138 Å². The number of pyridine rings is 1. The van der Waals surface area contributed by atoms with Crippen LogP contribution in [0.25, 0.3) is 49.6 Å². The molecule has 0 unspecified atom stereocenters. The predicted octanol–water partition coefficient (Wildman–Crippen LogP) is 13.5. The van der Waals surface area contributed by atoms with Gasteiger partial charge in [0.1, 0.15) is 17.0 Å². The van der Waals surface area contributed by atoms with Crippen LogP contribution in [-0.2, 0) is 31.9 Å². The van der Waals surface area contributed by atoms with Gasteiger partial charge >= 0.3 is 0 Å². The zero-order valence-corrected chi connectivity index (χ0v) is 35.0. The Morgan fingerprint density at radius 2 is 1.37 bits per heavy atom. The van der Waals surface area contributed by atoms with E-state index in [0.717, 1.165) is 77.9 Å². The molecular weight excluding hydrogens is 884 g/mol. The van der Waals surface area contributed by atoms with Crippen molar-refractivity contribution >= 4 is 66.5 Å². The van der Waals surface area contributed by atoms with Crippen molar-refractivity contribution in [2.45, 2.75) is 52.4 Å². The summed E-state index contributed by atoms with van der Waals surface area (Å²) in [4.78, 5) is 9.37. The van der Waals surface area contributed by atoms with Crippen LogP contribution in [0.5, 0.6) is 11.5 Å². The van der Waals surface area contributed by atoms with Crippen molar-refractivity contribution in [3.8, 4) is 17.3 Å². The molecule has 3 aromatic heterocycles. The largest absolute Gasteiger partial charge is 0.509 e. The summed E-state index contributed by atoms with van der Waals surface area (Å²) in [5.41, 5.74) is 9.69. The minimum absolute atomic E-state index is 0. The van der Waals surface area contributed by atoms with E-state index in [1.165, 1.54) is 5.56 Å². The molecule has 0 spiro atoms. The molecule has 57 heavy (non-hydrogen) atoms. The summed E-state index contributed by atoms with van der Waals surface area (Å²) in [6.07, 6.45) is 1.90. The van der Waals surface area contributed by atoms with E-state index >= 15 is 0 Å². The molecule has 0 N–H and O–H groups in total. The third-order valence-electron chi connectivity index (χ3n) is 10.8. The van der Waals surface area contributed by atoms with Gasteiger partial charge in [-0.25, -0.2) is 4.98 Å². The van der Waals surface area contributed by atoms with Crippen LogP contribution in [0.1, 0.15) is 52.7 Å². The first-order chi connectivity index (χ1) is 27.0. The van der Waals surface area contributed by atoms with Gasteiger partial charge in [0.15, 0.2) is 0 Å². The van der Waals surface area contributed by atoms with E-state index in [-0.39, 0.29) is 31.9 Å². The summed E-state index contributed by atoms with van der Waals surface area (Å²) >= 11 is 0. The average molecular weight is 925 g/mol. The van der Waals surface area contributed by atoms with Gasteiger partial charge in [-0.3, -0.25) is 0 Å². The number of benzene rings is 6. The van der Waals surface area contributed by atoms with Crippen molar-refractivity contribution in [3.05, 3.63) is 164 Å². The smallest absolute Gasteiger partial charge is 0.136 e. The first-order valence-electron chi connectivity index (χ1n) is 19.1. The van der Waals surface area contributed by atoms with E-state index < -0.39 is 0 Å². The number of rotatable bonds is 5. The molecule has 4 heterocycles. The van der Waals surface area contributed by atoms with E-state index in [4.69, 9.17) is 14.1 Å². The molecule has 0 saturated heterocycles. The average Bonchev–Trinajstić information content (AvgIpc) is 3.87. The molecule has 6 nitrogen and oxygen atoms in total. The topological polar surface area (TPSA) is 46.7 Å². The Labute approximate surface area is 347 Å². The number of ether oxygens (including phenoxy) is 1. The molecule has 7 heteroatoms. The van der Waals surface area contributed by atoms with Crippen LogP contribution in [-0.4, -0.2) is 9.55 Å². The third kappa shape index (κ3) is 6.27. The van der Waals surface area contributed by atoms with Crippen LogP contribution >= 0.6 is 0 Å². The zero-order chi connectivity index (χ0) is 38.3. The summed E-state index contributed by atoms with van der Waals surface area (Å²) in [5, 5.41) is 4.27. The van der Waals surface area contributed by atoms with E-state index in [0.29, 0.717) is 11.5 Å². The minimum Gasteiger partial charge on any atom is -0.509 e. The maximum absolute atomic E-state index is 6.79. The second kappa shape index (κ2) is 13.7. The molecule has 1 aliphatic heterocycles. The first kappa shape index (κ1) is 36.8. The van der Waals surface area contributed by atoms with Crippen molar-refractivity contribution in [1.29, 1.82) is 0 Å². The number of para-hydroxylation sites is 3. The molecule has 6 aromatic carbocycles. The summed E-state index contributed by atoms with van der Waals surface area (Å²) in [6.45, 7) is 15.5. The Kier molecular flexibility index (Phi) is 8.82. The Balaban J connectivity index is 0.00000422. The second-order valence-electron chi connectivity index (χ2n) is 16.7. The monoisotopic (exact) mass is 924 g/mol. The summed E-state index contributed by atoms with van der Waals surface area (Å²) in [7, 11) is 0. The number of anilines is 4. The molecular formula is C50H41N4O2Pt-3. The van der Waals surface area contributed by atoms with Gasteiger partial charge in [0.25, 0.3) is 0 Å². The molecule has 1 aliphatic rings. The molecule has 9 aromatic rings. The van der Waals surface area contributed by atoms with Crippen molar-refractivity contribution in [3.63, 3.8) is 0 Å². The van der Waals surface area contributed by atoms with Crippen LogP contribution in [0.3, 0.4) is 0 Å². The van der Waals surface area contributed by atoms with Gasteiger partial charge in [-0.2, -0.15) is 6.07 Å². The maximum Gasteiger partial charge on any atom is 0.136 e. The van der Waals surface area contributed by atoms with Crippen LogP contribution in [0.4, 0.5) is 22.7 Å². The van der Waals surface area contributed by atoms with Gasteiger partial charge in [0.2, 0.25) is 0 Å². The van der Waals surface area contributed by atoms with Gasteiger partial charge in [-0.15, -0.1) is 48.3 Å². The van der Waals surface area contributed by atoms with Crippen molar-refractivity contribution in [1.82, 2.24) is 9.55 Å². The fourth-order valence-corrected chi connectivity index (χ4v) is 7.84. The van der Waals surface area contributed by atoms with Crippen LogP contribution < -0.4 is 14.5 Å². The summed E-state index contributed by atoms with van der Waals surface area (Å²) in [6, 6.07) is 51.5. The Morgan fingerprint density at radius 3 is 2.14 bits per heavy atom. The quantitative estimate of drug-likeness (QED) is 0.161. The van der Waals surface area contributed by atoms with Gasteiger partial charge in [-0.1, -0.05) is 113 Å². The normalized spacial score (nSPS) is 13.2. The van der Waals surface area contributed by atoms with E-state index in [2.05, 4.69) is 190 Å². The van der Waals surface area contributed by atoms with Crippen molar-refractivity contribution < 1.29 is 30.2 Å². The van der Waals surface area contributed by atoms with E-state index in [9.17, 15) is 0 Å². The standard InChI is InChI=1S/C50H41N4O2.Pt/c1-49(2,3)33-24-25-51-45(28-33)54-43-30-37(21-22-40(43)48-47(54)46-39-17-11-10-14-32(39)20-23-44(46)56-48)55-38-27-34(50(4,5)6)26-36(29-38)53-31-52(35-15-8-7-9-16-35)41-18-12-13-19-42(41)53;/h7-28,31H,1-6H3;/q-3;. The molecule has 286 valence electrons.